The lowest BCUT2D eigenvalue weighted by Crippen LogP contribution is -2.24. The van der Waals surface area contributed by atoms with Gasteiger partial charge in [-0.2, -0.15) is 0 Å². The van der Waals surface area contributed by atoms with Gasteiger partial charge in [0.2, 0.25) is 0 Å². The van der Waals surface area contributed by atoms with Gasteiger partial charge in [0.05, 0.1) is 23.1 Å². The van der Waals surface area contributed by atoms with Gasteiger partial charge in [-0.05, 0) is 28.1 Å². The van der Waals surface area contributed by atoms with Crippen LogP contribution in [0.15, 0.2) is 22.7 Å². The van der Waals surface area contributed by atoms with E-state index in [4.69, 9.17) is 4.74 Å². The van der Waals surface area contributed by atoms with E-state index < -0.39 is 5.92 Å². The quantitative estimate of drug-likeness (QED) is 0.685. The second kappa shape index (κ2) is 2.94. The van der Waals surface area contributed by atoms with Crippen molar-refractivity contribution in [3.63, 3.8) is 0 Å². The summed E-state index contributed by atoms with van der Waals surface area (Å²) in [5, 5.41) is 0. The lowest BCUT2D eigenvalue weighted by molar-refractivity contribution is -0.0407. The summed E-state index contributed by atoms with van der Waals surface area (Å²) in [6.07, 6.45) is -0.240. The van der Waals surface area contributed by atoms with E-state index in [9.17, 15) is 8.78 Å². The van der Waals surface area contributed by atoms with Crippen molar-refractivity contribution in [2.24, 2.45) is 0 Å². The van der Waals surface area contributed by atoms with Crippen LogP contribution < -0.4 is 4.74 Å². The molecule has 4 heteroatoms. The van der Waals surface area contributed by atoms with Crippen molar-refractivity contribution in [2.75, 3.05) is 6.61 Å². The Kier molecular flexibility index (Phi) is 2.02. The van der Waals surface area contributed by atoms with Crippen molar-refractivity contribution in [3.05, 3.63) is 28.2 Å². The first-order valence-corrected chi connectivity index (χ1v) is 4.70. The molecule has 1 aromatic rings. The summed E-state index contributed by atoms with van der Waals surface area (Å²) >= 11 is 3.18. The van der Waals surface area contributed by atoms with E-state index in [1.54, 1.807) is 12.1 Å². The molecule has 1 aromatic carbocycles. The largest absolute Gasteiger partial charge is 0.492 e. The Morgan fingerprint density at radius 3 is 2.85 bits per heavy atom. The van der Waals surface area contributed by atoms with Crippen LogP contribution in [0.3, 0.4) is 0 Å². The van der Waals surface area contributed by atoms with Gasteiger partial charge in [0.1, 0.15) is 5.75 Å². The van der Waals surface area contributed by atoms with Crippen molar-refractivity contribution >= 4 is 15.9 Å². The first-order valence-electron chi connectivity index (χ1n) is 3.91. The third-order valence-electron chi connectivity index (χ3n) is 2.02. The fourth-order valence-electron chi connectivity index (χ4n) is 1.36. The minimum absolute atomic E-state index is 0.0203. The molecule has 1 aliphatic heterocycles. The molecule has 0 saturated heterocycles. The average Bonchev–Trinajstić information content (AvgIpc) is 2.06. The van der Waals surface area contributed by atoms with Gasteiger partial charge in [0.15, 0.2) is 0 Å². The third-order valence-corrected chi connectivity index (χ3v) is 2.65. The summed E-state index contributed by atoms with van der Waals surface area (Å²) in [7, 11) is 0. The Bertz CT molecular complexity index is 338. The average molecular weight is 249 g/mol. The molecular weight excluding hydrogens is 242 g/mol. The van der Waals surface area contributed by atoms with Gasteiger partial charge >= 0.3 is 0 Å². The van der Waals surface area contributed by atoms with Crippen molar-refractivity contribution < 1.29 is 13.5 Å². The van der Waals surface area contributed by atoms with Crippen LogP contribution in [0.2, 0.25) is 0 Å². The van der Waals surface area contributed by atoms with Crippen LogP contribution in [0.25, 0.3) is 0 Å². The van der Waals surface area contributed by atoms with Crippen molar-refractivity contribution in [1.29, 1.82) is 0 Å². The number of hydrogen-bond acceptors (Lipinski definition) is 1. The van der Waals surface area contributed by atoms with Crippen LogP contribution in [0.5, 0.6) is 5.75 Å². The molecular formula is C9H7BrF2O. The Hall–Kier alpha value is -0.640. The highest BCUT2D eigenvalue weighted by molar-refractivity contribution is 9.10. The van der Waals surface area contributed by atoms with Gasteiger partial charge in [-0.15, -0.1) is 0 Å². The Balaban J connectivity index is 2.58. The molecule has 2 rings (SSSR count). The van der Waals surface area contributed by atoms with E-state index in [2.05, 4.69) is 15.9 Å². The first kappa shape index (κ1) is 8.94. The standard InChI is InChI=1S/C9H7BrF2O/c10-7-3-1-2-6-8(7)13-5-4-9(6,11)12/h1-3H,4-5H2. The molecule has 1 heterocycles. The van der Waals surface area contributed by atoms with Gasteiger partial charge in [0, 0.05) is 0 Å². The lowest BCUT2D eigenvalue weighted by Gasteiger charge is -2.26. The number of alkyl halides is 2. The van der Waals surface area contributed by atoms with E-state index >= 15 is 0 Å². The van der Waals surface area contributed by atoms with Gasteiger partial charge < -0.3 is 4.74 Å². The fraction of sp³-hybridized carbons (Fsp3) is 0.333. The molecule has 13 heavy (non-hydrogen) atoms. The maximum atomic E-state index is 13.3. The van der Waals surface area contributed by atoms with Crippen LogP contribution >= 0.6 is 15.9 Å². The smallest absolute Gasteiger partial charge is 0.280 e. The number of para-hydroxylation sites is 1. The molecule has 0 unspecified atom stereocenters. The minimum atomic E-state index is -2.75. The zero-order chi connectivity index (χ0) is 9.47. The highest BCUT2D eigenvalue weighted by Gasteiger charge is 2.38. The number of rotatable bonds is 0. The summed E-state index contributed by atoms with van der Waals surface area (Å²) < 4.78 is 32.3. The molecule has 0 bridgehead atoms. The topological polar surface area (TPSA) is 9.23 Å². The summed E-state index contributed by atoms with van der Waals surface area (Å²) in [5.41, 5.74) is -0.0203. The van der Waals surface area contributed by atoms with Gasteiger partial charge in [-0.3, -0.25) is 0 Å². The lowest BCUT2D eigenvalue weighted by atomic mass is 10.0. The Morgan fingerprint density at radius 2 is 2.15 bits per heavy atom. The number of ether oxygens (including phenoxy) is 1. The Labute approximate surface area is 82.8 Å². The minimum Gasteiger partial charge on any atom is -0.492 e. The summed E-state index contributed by atoms with van der Waals surface area (Å²) in [6, 6.07) is 4.69. The SMILES string of the molecule is FC1(F)CCOc2c(Br)cccc21. The number of benzene rings is 1. The zero-order valence-corrected chi connectivity index (χ0v) is 8.27. The molecule has 0 atom stereocenters. The molecule has 0 radical (unpaired) electrons. The normalized spacial score (nSPS) is 19.0. The highest BCUT2D eigenvalue weighted by Crippen LogP contribution is 2.44. The molecule has 1 nitrogen and oxygen atoms in total. The number of fused-ring (bicyclic) bond motifs is 1. The fourth-order valence-corrected chi connectivity index (χ4v) is 1.84. The predicted octanol–water partition coefficient (Wildman–Crippen LogP) is 3.32. The highest BCUT2D eigenvalue weighted by atomic mass is 79.9. The van der Waals surface area contributed by atoms with Crippen LogP contribution in [0, 0.1) is 0 Å². The molecule has 0 fully saturated rings. The maximum absolute atomic E-state index is 13.3. The first-order chi connectivity index (χ1) is 6.11. The van der Waals surface area contributed by atoms with E-state index in [-0.39, 0.29) is 24.3 Å². The van der Waals surface area contributed by atoms with Gasteiger partial charge in [-0.1, -0.05) is 6.07 Å². The Morgan fingerprint density at radius 1 is 1.38 bits per heavy atom. The maximum Gasteiger partial charge on any atom is 0.280 e. The number of hydrogen-bond donors (Lipinski definition) is 0. The van der Waals surface area contributed by atoms with Crippen LogP contribution in [-0.4, -0.2) is 6.61 Å². The molecule has 70 valence electrons. The molecule has 0 aliphatic carbocycles. The number of halogens is 3. The second-order valence-electron chi connectivity index (χ2n) is 2.92. The molecule has 0 spiro atoms. The van der Waals surface area contributed by atoms with Crippen LogP contribution in [-0.2, 0) is 5.92 Å². The summed E-state index contributed by atoms with van der Waals surface area (Å²) in [5.74, 6) is -2.48. The van der Waals surface area contributed by atoms with Crippen LogP contribution in [0.4, 0.5) is 8.78 Å². The van der Waals surface area contributed by atoms with E-state index in [0.29, 0.717) is 4.47 Å². The van der Waals surface area contributed by atoms with E-state index in [1.165, 1.54) is 6.07 Å². The summed E-state index contributed by atoms with van der Waals surface area (Å²) in [4.78, 5) is 0. The molecule has 0 N–H and O–H groups in total. The predicted molar refractivity (Wildman–Crippen MR) is 48.1 cm³/mol. The monoisotopic (exact) mass is 248 g/mol. The van der Waals surface area contributed by atoms with Crippen molar-refractivity contribution in [2.45, 2.75) is 12.3 Å². The van der Waals surface area contributed by atoms with Gasteiger partial charge in [0.25, 0.3) is 5.92 Å². The van der Waals surface area contributed by atoms with Gasteiger partial charge in [-0.25, -0.2) is 8.78 Å². The zero-order valence-electron chi connectivity index (χ0n) is 6.69. The van der Waals surface area contributed by atoms with Crippen molar-refractivity contribution in [1.82, 2.24) is 0 Å². The van der Waals surface area contributed by atoms with Crippen molar-refractivity contribution in [3.8, 4) is 5.75 Å². The third kappa shape index (κ3) is 1.43. The molecule has 0 aromatic heterocycles. The molecule has 0 saturated carbocycles. The van der Waals surface area contributed by atoms with Crippen LogP contribution in [0.1, 0.15) is 12.0 Å². The summed E-state index contributed by atoms with van der Waals surface area (Å²) in [6.45, 7) is 0.0720. The second-order valence-corrected chi connectivity index (χ2v) is 3.77. The molecule has 1 aliphatic rings. The van der Waals surface area contributed by atoms with E-state index in [0.717, 1.165) is 0 Å². The van der Waals surface area contributed by atoms with E-state index in [1.807, 2.05) is 0 Å². The molecule has 0 amide bonds.